The Balaban J connectivity index is 1.93. The standard InChI is InChI=1S/C16H23NO5/c1-16(2,21-12-8-6-4-3-5-7-9-12)15(20)22-17-13(18)10-11-14(17)19/h3-4,12H,5-11H2,1-2H3. The second kappa shape index (κ2) is 7.05. The first kappa shape index (κ1) is 16.7. The molecule has 0 aromatic heterocycles. The van der Waals surface area contributed by atoms with E-state index in [9.17, 15) is 14.4 Å². The maximum Gasteiger partial charge on any atom is 0.364 e. The van der Waals surface area contributed by atoms with Gasteiger partial charge in [-0.25, -0.2) is 4.79 Å². The molecule has 122 valence electrons. The van der Waals surface area contributed by atoms with Crippen molar-refractivity contribution in [3.05, 3.63) is 12.2 Å². The first-order chi connectivity index (χ1) is 10.4. The van der Waals surface area contributed by atoms with Gasteiger partial charge in [-0.3, -0.25) is 9.59 Å². The van der Waals surface area contributed by atoms with E-state index in [-0.39, 0.29) is 18.9 Å². The van der Waals surface area contributed by atoms with Crippen molar-refractivity contribution in [2.24, 2.45) is 0 Å². The molecule has 22 heavy (non-hydrogen) atoms. The van der Waals surface area contributed by atoms with Crippen molar-refractivity contribution in [2.45, 2.75) is 70.5 Å². The van der Waals surface area contributed by atoms with Crippen molar-refractivity contribution >= 4 is 17.8 Å². The van der Waals surface area contributed by atoms with Crippen LogP contribution in [0.4, 0.5) is 0 Å². The topological polar surface area (TPSA) is 72.9 Å². The molecule has 2 amide bonds. The molecule has 1 fully saturated rings. The SMILES string of the molecule is CC(C)(OC1CCC=CCCC1)C(=O)ON1C(=O)CCC1=O. The number of carbonyl (C=O) groups excluding carboxylic acids is 3. The smallest absolute Gasteiger partial charge is 0.361 e. The molecule has 0 saturated carbocycles. The van der Waals surface area contributed by atoms with Crippen LogP contribution < -0.4 is 0 Å². The van der Waals surface area contributed by atoms with Crippen LogP contribution in [0.1, 0.15) is 58.8 Å². The van der Waals surface area contributed by atoms with Gasteiger partial charge in [0.15, 0.2) is 5.60 Å². The van der Waals surface area contributed by atoms with Gasteiger partial charge in [0.25, 0.3) is 11.8 Å². The van der Waals surface area contributed by atoms with E-state index in [2.05, 4.69) is 12.2 Å². The molecule has 0 aromatic rings. The van der Waals surface area contributed by atoms with E-state index in [1.54, 1.807) is 13.8 Å². The van der Waals surface area contributed by atoms with E-state index < -0.39 is 23.4 Å². The lowest BCUT2D eigenvalue weighted by Crippen LogP contribution is -2.44. The maximum absolute atomic E-state index is 12.2. The third kappa shape index (κ3) is 4.16. The summed E-state index contributed by atoms with van der Waals surface area (Å²) in [6.07, 6.45) is 9.10. The molecule has 1 heterocycles. The molecular formula is C16H23NO5. The number of rotatable bonds is 4. The lowest BCUT2D eigenvalue weighted by Gasteiger charge is -2.30. The van der Waals surface area contributed by atoms with Gasteiger partial charge in [0.2, 0.25) is 0 Å². The molecule has 1 aliphatic heterocycles. The predicted octanol–water partition coefficient (Wildman–Crippen LogP) is 2.28. The summed E-state index contributed by atoms with van der Waals surface area (Å²) in [5.74, 6) is -1.68. The summed E-state index contributed by atoms with van der Waals surface area (Å²) in [5.41, 5.74) is -1.20. The van der Waals surface area contributed by atoms with Crippen LogP contribution in [0.25, 0.3) is 0 Å². The fourth-order valence-corrected chi connectivity index (χ4v) is 2.56. The molecule has 0 N–H and O–H groups in total. The molecule has 1 aliphatic carbocycles. The largest absolute Gasteiger partial charge is 0.364 e. The molecule has 0 bridgehead atoms. The van der Waals surface area contributed by atoms with Crippen LogP contribution in [0.15, 0.2) is 12.2 Å². The Morgan fingerprint density at radius 2 is 1.77 bits per heavy atom. The fraction of sp³-hybridized carbons (Fsp3) is 0.688. The second-order valence-corrected chi connectivity index (χ2v) is 6.19. The number of carbonyl (C=O) groups is 3. The Morgan fingerprint density at radius 3 is 2.45 bits per heavy atom. The Morgan fingerprint density at radius 1 is 1.14 bits per heavy atom. The van der Waals surface area contributed by atoms with Crippen molar-refractivity contribution in [3.8, 4) is 0 Å². The highest BCUT2D eigenvalue weighted by Gasteiger charge is 2.39. The van der Waals surface area contributed by atoms with Crippen LogP contribution >= 0.6 is 0 Å². The second-order valence-electron chi connectivity index (χ2n) is 6.19. The summed E-state index contributed by atoms with van der Waals surface area (Å²) in [5, 5.41) is 0.564. The third-order valence-corrected chi connectivity index (χ3v) is 3.85. The predicted molar refractivity (Wildman–Crippen MR) is 78.4 cm³/mol. The van der Waals surface area contributed by atoms with Crippen molar-refractivity contribution < 1.29 is 24.0 Å². The van der Waals surface area contributed by atoms with E-state index in [1.807, 2.05) is 0 Å². The molecular weight excluding hydrogens is 286 g/mol. The lowest BCUT2D eigenvalue weighted by atomic mass is 10.0. The van der Waals surface area contributed by atoms with Gasteiger partial charge in [0.05, 0.1) is 6.10 Å². The Bertz CT molecular complexity index is 467. The fourth-order valence-electron chi connectivity index (χ4n) is 2.56. The average molecular weight is 309 g/mol. The zero-order chi connectivity index (χ0) is 16.2. The number of hydroxylamine groups is 2. The van der Waals surface area contributed by atoms with Crippen molar-refractivity contribution in [2.75, 3.05) is 0 Å². The van der Waals surface area contributed by atoms with Gasteiger partial charge < -0.3 is 9.57 Å². The zero-order valence-corrected chi connectivity index (χ0v) is 13.2. The van der Waals surface area contributed by atoms with E-state index in [0.29, 0.717) is 5.06 Å². The first-order valence-corrected chi connectivity index (χ1v) is 7.81. The molecule has 6 heteroatoms. The first-order valence-electron chi connectivity index (χ1n) is 7.81. The molecule has 2 aliphatic rings. The summed E-state index contributed by atoms with van der Waals surface area (Å²) in [4.78, 5) is 40.2. The van der Waals surface area contributed by atoms with E-state index in [1.165, 1.54) is 0 Å². The number of nitrogens with zero attached hydrogens (tertiary/aromatic N) is 1. The molecule has 0 radical (unpaired) electrons. The number of imide groups is 1. The maximum atomic E-state index is 12.2. The third-order valence-electron chi connectivity index (χ3n) is 3.85. The number of hydrogen-bond acceptors (Lipinski definition) is 5. The molecule has 0 aromatic carbocycles. The zero-order valence-electron chi connectivity index (χ0n) is 13.2. The Kier molecular flexibility index (Phi) is 5.34. The van der Waals surface area contributed by atoms with Crippen LogP contribution in [0, 0.1) is 0 Å². The van der Waals surface area contributed by atoms with Crippen molar-refractivity contribution in [3.63, 3.8) is 0 Å². The molecule has 6 nitrogen and oxygen atoms in total. The number of ether oxygens (including phenoxy) is 1. The Hall–Kier alpha value is -1.69. The quantitative estimate of drug-likeness (QED) is 0.588. The van der Waals surface area contributed by atoms with E-state index in [0.717, 1.165) is 32.1 Å². The Labute approximate surface area is 130 Å². The minimum atomic E-state index is -1.20. The molecule has 0 spiro atoms. The summed E-state index contributed by atoms with van der Waals surface area (Å²) in [7, 11) is 0. The van der Waals surface area contributed by atoms with Gasteiger partial charge in [-0.05, 0) is 46.0 Å². The molecule has 1 unspecified atom stereocenters. The number of amides is 2. The minimum absolute atomic E-state index is 0.0301. The van der Waals surface area contributed by atoms with E-state index in [4.69, 9.17) is 9.57 Å². The molecule has 1 atom stereocenters. The van der Waals surface area contributed by atoms with Gasteiger partial charge in [-0.2, -0.15) is 0 Å². The van der Waals surface area contributed by atoms with Crippen LogP contribution in [-0.2, 0) is 24.0 Å². The van der Waals surface area contributed by atoms with Gasteiger partial charge >= 0.3 is 5.97 Å². The lowest BCUT2D eigenvalue weighted by molar-refractivity contribution is -0.215. The number of hydrogen-bond donors (Lipinski definition) is 0. The van der Waals surface area contributed by atoms with Gasteiger partial charge in [-0.1, -0.05) is 12.2 Å². The number of allylic oxidation sites excluding steroid dienone is 2. The minimum Gasteiger partial charge on any atom is -0.361 e. The van der Waals surface area contributed by atoms with E-state index >= 15 is 0 Å². The molecule has 2 rings (SSSR count). The average Bonchev–Trinajstić information content (AvgIpc) is 2.73. The summed E-state index contributed by atoms with van der Waals surface area (Å²) in [6.45, 7) is 3.21. The highest BCUT2D eigenvalue weighted by atomic mass is 16.7. The summed E-state index contributed by atoms with van der Waals surface area (Å²) >= 11 is 0. The van der Waals surface area contributed by atoms with Crippen LogP contribution in [0.5, 0.6) is 0 Å². The van der Waals surface area contributed by atoms with Crippen LogP contribution in [0.2, 0.25) is 0 Å². The van der Waals surface area contributed by atoms with Crippen molar-refractivity contribution in [1.29, 1.82) is 0 Å². The summed E-state index contributed by atoms with van der Waals surface area (Å²) < 4.78 is 5.90. The normalized spacial score (nSPS) is 23.4. The van der Waals surface area contributed by atoms with Gasteiger partial charge in [0, 0.05) is 12.8 Å². The highest BCUT2D eigenvalue weighted by Crippen LogP contribution is 2.24. The van der Waals surface area contributed by atoms with Crippen molar-refractivity contribution in [1.82, 2.24) is 5.06 Å². The summed E-state index contributed by atoms with van der Waals surface area (Å²) in [6, 6.07) is 0. The molecule has 1 saturated heterocycles. The highest BCUT2D eigenvalue weighted by molar-refractivity contribution is 6.01. The van der Waals surface area contributed by atoms with Gasteiger partial charge in [-0.15, -0.1) is 5.06 Å². The van der Waals surface area contributed by atoms with Crippen LogP contribution in [0.3, 0.4) is 0 Å². The monoisotopic (exact) mass is 309 g/mol. The van der Waals surface area contributed by atoms with Crippen LogP contribution in [-0.4, -0.2) is 34.6 Å². The van der Waals surface area contributed by atoms with Gasteiger partial charge in [0.1, 0.15) is 0 Å².